The minimum atomic E-state index is 0. The number of nitrogens with zero attached hydrogens (tertiary/aromatic N) is 1. The van der Waals surface area contributed by atoms with Crippen LogP contribution in [0.5, 0.6) is 0 Å². The van der Waals surface area contributed by atoms with Gasteiger partial charge < -0.3 is 4.74 Å². The van der Waals surface area contributed by atoms with E-state index in [1.54, 1.807) is 13.4 Å². The molecule has 1 aliphatic heterocycles. The minimum absolute atomic E-state index is 0. The zero-order valence-corrected chi connectivity index (χ0v) is 6.71. The molecule has 0 saturated carbocycles. The maximum atomic E-state index is 4.84. The SMILES string of the molecule is C.COC=CC1CCCN1C. The molecule has 1 fully saturated rings. The Labute approximate surface area is 69.8 Å². The molecule has 1 unspecified atom stereocenters. The van der Waals surface area contributed by atoms with Gasteiger partial charge in [-0.1, -0.05) is 7.43 Å². The fourth-order valence-electron chi connectivity index (χ4n) is 1.35. The summed E-state index contributed by atoms with van der Waals surface area (Å²) < 4.78 is 4.84. The first-order valence-electron chi connectivity index (χ1n) is 3.74. The molecule has 66 valence electrons. The topological polar surface area (TPSA) is 12.5 Å². The van der Waals surface area contributed by atoms with E-state index in [0.29, 0.717) is 6.04 Å². The Kier molecular flexibility index (Phi) is 4.95. The zero-order valence-electron chi connectivity index (χ0n) is 6.71. The number of hydrogen-bond donors (Lipinski definition) is 0. The van der Waals surface area contributed by atoms with Gasteiger partial charge in [0.25, 0.3) is 0 Å². The molecule has 1 rings (SSSR count). The van der Waals surface area contributed by atoms with Crippen molar-refractivity contribution in [2.45, 2.75) is 26.3 Å². The molecule has 0 aromatic carbocycles. The fourth-order valence-corrected chi connectivity index (χ4v) is 1.35. The number of methoxy groups -OCH3 is 1. The lowest BCUT2D eigenvalue weighted by molar-refractivity contribution is 0.318. The molecule has 1 atom stereocenters. The minimum Gasteiger partial charge on any atom is -0.505 e. The summed E-state index contributed by atoms with van der Waals surface area (Å²) in [6, 6.07) is 0.611. The highest BCUT2D eigenvalue weighted by molar-refractivity contribution is 4.93. The third-order valence-corrected chi connectivity index (χ3v) is 2.01. The van der Waals surface area contributed by atoms with E-state index < -0.39 is 0 Å². The molecule has 0 N–H and O–H groups in total. The van der Waals surface area contributed by atoms with Crippen LogP contribution in [0.15, 0.2) is 12.3 Å². The molecular weight excluding hydrogens is 138 g/mol. The monoisotopic (exact) mass is 157 g/mol. The van der Waals surface area contributed by atoms with Crippen LogP contribution in [-0.2, 0) is 4.74 Å². The second-order valence-electron chi connectivity index (χ2n) is 2.75. The molecule has 11 heavy (non-hydrogen) atoms. The van der Waals surface area contributed by atoms with Crippen LogP contribution in [-0.4, -0.2) is 31.6 Å². The molecule has 0 aromatic heterocycles. The van der Waals surface area contributed by atoms with Crippen LogP contribution in [0.4, 0.5) is 0 Å². The van der Waals surface area contributed by atoms with Crippen LogP contribution in [0.1, 0.15) is 20.3 Å². The van der Waals surface area contributed by atoms with Gasteiger partial charge in [-0.15, -0.1) is 0 Å². The molecule has 0 aliphatic carbocycles. The van der Waals surface area contributed by atoms with Crippen LogP contribution >= 0.6 is 0 Å². The van der Waals surface area contributed by atoms with Gasteiger partial charge in [0.15, 0.2) is 0 Å². The summed E-state index contributed by atoms with van der Waals surface area (Å²) in [5.74, 6) is 0. The predicted octanol–water partition coefficient (Wildman–Crippen LogP) is 1.88. The van der Waals surface area contributed by atoms with Gasteiger partial charge in [0.2, 0.25) is 0 Å². The Hall–Kier alpha value is -0.500. The maximum Gasteiger partial charge on any atom is 0.0800 e. The molecule has 2 nitrogen and oxygen atoms in total. The summed E-state index contributed by atoms with van der Waals surface area (Å²) in [5.41, 5.74) is 0. The number of likely N-dealkylation sites (N-methyl/N-ethyl adjacent to an activating group) is 1. The third-order valence-electron chi connectivity index (χ3n) is 2.01. The highest BCUT2D eigenvalue weighted by Crippen LogP contribution is 2.15. The lowest BCUT2D eigenvalue weighted by atomic mass is 10.2. The van der Waals surface area contributed by atoms with Crippen molar-refractivity contribution in [3.63, 3.8) is 0 Å². The average molecular weight is 157 g/mol. The van der Waals surface area contributed by atoms with E-state index in [9.17, 15) is 0 Å². The van der Waals surface area contributed by atoms with Crippen molar-refractivity contribution in [2.75, 3.05) is 20.7 Å². The molecule has 0 bridgehead atoms. The molecular formula is C9H19NO. The van der Waals surface area contributed by atoms with Gasteiger partial charge in [0, 0.05) is 6.04 Å². The normalized spacial score (nSPS) is 25.5. The molecule has 0 radical (unpaired) electrons. The van der Waals surface area contributed by atoms with Crippen molar-refractivity contribution in [1.82, 2.24) is 4.90 Å². The molecule has 0 aromatic rings. The van der Waals surface area contributed by atoms with Gasteiger partial charge in [-0.3, -0.25) is 4.90 Å². The number of rotatable bonds is 2. The molecule has 1 heterocycles. The first-order chi connectivity index (χ1) is 4.84. The second kappa shape index (κ2) is 5.19. The Balaban J connectivity index is 0.000001000. The summed E-state index contributed by atoms with van der Waals surface area (Å²) in [7, 11) is 3.84. The van der Waals surface area contributed by atoms with Crippen LogP contribution in [0.2, 0.25) is 0 Å². The third kappa shape index (κ3) is 2.93. The molecule has 2 heteroatoms. The van der Waals surface area contributed by atoms with Crippen molar-refractivity contribution >= 4 is 0 Å². The summed E-state index contributed by atoms with van der Waals surface area (Å²) in [4.78, 5) is 2.34. The highest BCUT2D eigenvalue weighted by Gasteiger charge is 2.17. The van der Waals surface area contributed by atoms with Gasteiger partial charge in [-0.25, -0.2) is 0 Å². The van der Waals surface area contributed by atoms with Crippen LogP contribution < -0.4 is 0 Å². The second-order valence-corrected chi connectivity index (χ2v) is 2.75. The van der Waals surface area contributed by atoms with Crippen LogP contribution in [0, 0.1) is 0 Å². The van der Waals surface area contributed by atoms with Crippen LogP contribution in [0.3, 0.4) is 0 Å². The lowest BCUT2D eigenvalue weighted by Gasteiger charge is -2.14. The Morgan fingerprint density at radius 2 is 2.27 bits per heavy atom. The van der Waals surface area contributed by atoms with Crippen molar-refractivity contribution in [3.05, 3.63) is 12.3 Å². The Bertz CT molecular complexity index is 123. The van der Waals surface area contributed by atoms with E-state index in [2.05, 4.69) is 18.0 Å². The summed E-state index contributed by atoms with van der Waals surface area (Å²) >= 11 is 0. The quantitative estimate of drug-likeness (QED) is 0.567. The van der Waals surface area contributed by atoms with E-state index in [1.165, 1.54) is 19.4 Å². The first kappa shape index (κ1) is 10.5. The fraction of sp³-hybridized carbons (Fsp3) is 0.778. The van der Waals surface area contributed by atoms with Crippen molar-refractivity contribution < 1.29 is 4.74 Å². The molecule has 0 spiro atoms. The van der Waals surface area contributed by atoms with E-state index >= 15 is 0 Å². The van der Waals surface area contributed by atoms with E-state index in [0.717, 1.165) is 0 Å². The number of likely N-dealkylation sites (tertiary alicyclic amines) is 1. The van der Waals surface area contributed by atoms with Gasteiger partial charge in [-0.2, -0.15) is 0 Å². The van der Waals surface area contributed by atoms with Gasteiger partial charge in [0.1, 0.15) is 0 Å². The Morgan fingerprint density at radius 3 is 2.73 bits per heavy atom. The lowest BCUT2D eigenvalue weighted by Crippen LogP contribution is -2.22. The van der Waals surface area contributed by atoms with Crippen molar-refractivity contribution in [3.8, 4) is 0 Å². The van der Waals surface area contributed by atoms with Crippen LogP contribution in [0.25, 0.3) is 0 Å². The summed E-state index contributed by atoms with van der Waals surface area (Å²) in [6.07, 6.45) is 6.48. The van der Waals surface area contributed by atoms with Gasteiger partial charge >= 0.3 is 0 Å². The largest absolute Gasteiger partial charge is 0.505 e. The number of ether oxygens (including phenoxy) is 1. The van der Waals surface area contributed by atoms with E-state index in [4.69, 9.17) is 4.74 Å². The molecule has 1 aliphatic rings. The molecule has 0 amide bonds. The van der Waals surface area contributed by atoms with E-state index in [-0.39, 0.29) is 7.43 Å². The zero-order chi connectivity index (χ0) is 7.40. The summed E-state index contributed by atoms with van der Waals surface area (Å²) in [6.45, 7) is 1.22. The summed E-state index contributed by atoms with van der Waals surface area (Å²) in [5, 5.41) is 0. The van der Waals surface area contributed by atoms with Gasteiger partial charge in [0.05, 0.1) is 13.4 Å². The predicted molar refractivity (Wildman–Crippen MR) is 48.5 cm³/mol. The van der Waals surface area contributed by atoms with Gasteiger partial charge in [-0.05, 0) is 32.5 Å². The smallest absolute Gasteiger partial charge is 0.0800 e. The number of hydrogen-bond acceptors (Lipinski definition) is 2. The maximum absolute atomic E-state index is 4.84. The Morgan fingerprint density at radius 1 is 1.55 bits per heavy atom. The standard InChI is InChI=1S/C8H15NO.CH4/c1-9-6-3-4-8(9)5-7-10-2;/h5,7-8H,3-4,6H2,1-2H3;1H4. The van der Waals surface area contributed by atoms with E-state index in [1.807, 2.05) is 0 Å². The van der Waals surface area contributed by atoms with Crippen molar-refractivity contribution in [1.29, 1.82) is 0 Å². The molecule has 1 saturated heterocycles. The average Bonchev–Trinajstić information content (AvgIpc) is 2.31. The highest BCUT2D eigenvalue weighted by atomic mass is 16.5. The van der Waals surface area contributed by atoms with Crippen molar-refractivity contribution in [2.24, 2.45) is 0 Å². The first-order valence-corrected chi connectivity index (χ1v) is 3.74.